The summed E-state index contributed by atoms with van der Waals surface area (Å²) >= 11 is 18.5. The van der Waals surface area contributed by atoms with Crippen LogP contribution in [-0.4, -0.2) is 28.1 Å². The van der Waals surface area contributed by atoms with Crippen molar-refractivity contribution < 1.29 is 53.9 Å². The van der Waals surface area contributed by atoms with E-state index in [1.165, 1.54) is 12.1 Å². The zero-order valence-electron chi connectivity index (χ0n) is 23.4. The zero-order valence-corrected chi connectivity index (χ0v) is 25.6. The van der Waals surface area contributed by atoms with Gasteiger partial charge in [-0.15, -0.1) is 23.2 Å². The third kappa shape index (κ3) is 8.52. The normalized spacial score (nSPS) is 17.3. The molecule has 3 aromatic rings. The Morgan fingerprint density at radius 1 is 0.851 bits per heavy atom. The Morgan fingerprint density at radius 3 is 2.15 bits per heavy atom. The number of benzene rings is 3. The maximum absolute atomic E-state index is 15.1. The van der Waals surface area contributed by atoms with Gasteiger partial charge in [0.25, 0.3) is 5.91 Å². The van der Waals surface area contributed by atoms with Crippen molar-refractivity contribution in [1.29, 1.82) is 0 Å². The molecule has 17 heteroatoms. The number of hydrogen-bond donors (Lipinski definition) is 2. The van der Waals surface area contributed by atoms with E-state index in [0.717, 1.165) is 24.3 Å². The van der Waals surface area contributed by atoms with Crippen LogP contribution in [0.1, 0.15) is 52.2 Å². The van der Waals surface area contributed by atoms with Crippen LogP contribution in [0.2, 0.25) is 5.02 Å². The lowest BCUT2D eigenvalue weighted by Crippen LogP contribution is -2.19. The van der Waals surface area contributed by atoms with E-state index in [1.807, 2.05) is 0 Å². The number of amides is 2. The number of rotatable bonds is 10. The largest absolute Gasteiger partial charge is 0.419 e. The van der Waals surface area contributed by atoms with Crippen molar-refractivity contribution in [3.63, 3.8) is 0 Å². The average Bonchev–Trinajstić information content (AvgIpc) is 3.54. The number of anilines is 2. The van der Waals surface area contributed by atoms with Gasteiger partial charge in [0.05, 0.1) is 27.8 Å². The number of Topliss-reactive ketones (excluding diaryl/α,β-unsaturated/α-hetero) is 1. The van der Waals surface area contributed by atoms with E-state index < -0.39 is 106 Å². The molecule has 0 saturated heterocycles. The second-order valence-corrected chi connectivity index (χ2v) is 12.4. The van der Waals surface area contributed by atoms with Crippen molar-refractivity contribution in [2.45, 2.75) is 48.3 Å². The van der Waals surface area contributed by atoms with Gasteiger partial charge in [0, 0.05) is 36.4 Å². The van der Waals surface area contributed by atoms with Crippen LogP contribution >= 0.6 is 34.8 Å². The lowest BCUT2D eigenvalue weighted by atomic mass is 10.0. The third-order valence-electron chi connectivity index (χ3n) is 7.19. The SMILES string of the molecule is O=C(CCCC(F)(F)F)Cc1c(F)ccc(NC(=O)c2cc(NC(=O)[C@H]3[C@H](c4ccc(F)c(C(F)(F)F)c4)C3(Cl)Cl)ccc2Cl)c1F. The molecule has 4 rings (SSSR count). The molecule has 0 aromatic heterocycles. The smallest absolute Gasteiger partial charge is 0.326 e. The minimum Gasteiger partial charge on any atom is -0.326 e. The molecule has 0 spiro atoms. The molecule has 1 saturated carbocycles. The highest BCUT2D eigenvalue weighted by Gasteiger charge is 2.67. The number of halogens is 12. The van der Waals surface area contributed by atoms with Crippen LogP contribution in [-0.2, 0) is 22.2 Å². The Balaban J connectivity index is 1.47. The molecule has 1 aliphatic rings. The molecular formula is C30H20Cl3F9N2O3. The number of carbonyl (C=O) groups excluding carboxylic acids is 3. The molecular weight excluding hydrogens is 714 g/mol. The van der Waals surface area contributed by atoms with Gasteiger partial charge < -0.3 is 10.6 Å². The molecule has 0 radical (unpaired) electrons. The second-order valence-electron chi connectivity index (χ2n) is 10.6. The summed E-state index contributed by atoms with van der Waals surface area (Å²) in [6.07, 6.45) is -12.8. The summed E-state index contributed by atoms with van der Waals surface area (Å²) in [5, 5.41) is 4.36. The van der Waals surface area contributed by atoms with Gasteiger partial charge in [0.2, 0.25) is 5.91 Å². The summed E-state index contributed by atoms with van der Waals surface area (Å²) in [6, 6.07) is 7.15. The van der Waals surface area contributed by atoms with Crippen molar-refractivity contribution >= 4 is 63.8 Å². The molecule has 2 N–H and O–H groups in total. The Labute approximate surface area is 275 Å². The number of carbonyl (C=O) groups is 3. The second kappa shape index (κ2) is 13.6. The molecule has 0 bridgehead atoms. The maximum Gasteiger partial charge on any atom is 0.419 e. The minimum absolute atomic E-state index is 0.0702. The molecule has 1 fully saturated rings. The van der Waals surface area contributed by atoms with Gasteiger partial charge in [0.15, 0.2) is 5.82 Å². The summed E-state index contributed by atoms with van der Waals surface area (Å²) in [5.41, 5.74) is -3.49. The summed E-state index contributed by atoms with van der Waals surface area (Å²) in [7, 11) is 0. The summed E-state index contributed by atoms with van der Waals surface area (Å²) in [6.45, 7) is 0. The minimum atomic E-state index is -5.02. The maximum atomic E-state index is 15.1. The fourth-order valence-electron chi connectivity index (χ4n) is 4.84. The highest BCUT2D eigenvalue weighted by molar-refractivity contribution is 6.53. The third-order valence-corrected chi connectivity index (χ3v) is 8.46. The first-order valence-electron chi connectivity index (χ1n) is 13.4. The van der Waals surface area contributed by atoms with E-state index in [2.05, 4.69) is 10.6 Å². The highest BCUT2D eigenvalue weighted by atomic mass is 35.5. The van der Waals surface area contributed by atoms with E-state index in [4.69, 9.17) is 34.8 Å². The van der Waals surface area contributed by atoms with Gasteiger partial charge in [-0.25, -0.2) is 13.2 Å². The van der Waals surface area contributed by atoms with Crippen LogP contribution in [0.5, 0.6) is 0 Å². The number of nitrogens with one attached hydrogen (secondary N) is 2. The fraction of sp³-hybridized carbons (Fsp3) is 0.300. The molecule has 2 amide bonds. The van der Waals surface area contributed by atoms with Crippen LogP contribution in [0.25, 0.3) is 0 Å². The standard InChI is InChI=1S/C30H20Cl3F9N2O3/c31-19-5-4-14(43-27(47)24-23(29(24,32)33)13-3-6-21(35)18(10-13)30(40,41)42)11-16(19)26(46)44-22-8-7-20(34)17(25(22)36)12-15(45)2-1-9-28(37,38)39/h3-8,10-11,23-24H,1-2,9,12H2,(H,43,47)(H,44,46)/t23-,24+/m0/s1. The Hall–Kier alpha value is -3.49. The monoisotopic (exact) mass is 732 g/mol. The fourth-order valence-corrected chi connectivity index (χ4v) is 5.87. The van der Waals surface area contributed by atoms with Gasteiger partial charge in [-0.2, -0.15) is 26.3 Å². The van der Waals surface area contributed by atoms with Crippen molar-refractivity contribution in [2.75, 3.05) is 10.6 Å². The van der Waals surface area contributed by atoms with Crippen LogP contribution < -0.4 is 10.6 Å². The van der Waals surface area contributed by atoms with E-state index in [-0.39, 0.29) is 21.8 Å². The molecule has 0 unspecified atom stereocenters. The Bertz CT molecular complexity index is 1730. The molecule has 0 heterocycles. The van der Waals surface area contributed by atoms with Crippen LogP contribution in [0, 0.1) is 23.4 Å². The zero-order chi connectivity index (χ0) is 35.1. The van der Waals surface area contributed by atoms with Gasteiger partial charge >= 0.3 is 12.4 Å². The first-order chi connectivity index (χ1) is 21.7. The quantitative estimate of drug-likeness (QED) is 0.161. The van der Waals surface area contributed by atoms with Crippen molar-refractivity contribution in [1.82, 2.24) is 0 Å². The van der Waals surface area contributed by atoms with Gasteiger partial charge in [0.1, 0.15) is 21.8 Å². The summed E-state index contributed by atoms with van der Waals surface area (Å²) in [4.78, 5) is 38.1. The lowest BCUT2D eigenvalue weighted by Gasteiger charge is -2.13. The van der Waals surface area contributed by atoms with E-state index in [9.17, 15) is 49.5 Å². The number of alkyl halides is 8. The summed E-state index contributed by atoms with van der Waals surface area (Å²) in [5.74, 6) is -9.30. The van der Waals surface area contributed by atoms with Crippen molar-refractivity contribution in [3.8, 4) is 0 Å². The topological polar surface area (TPSA) is 75.3 Å². The van der Waals surface area contributed by atoms with Crippen LogP contribution in [0.4, 0.5) is 50.9 Å². The predicted molar refractivity (Wildman–Crippen MR) is 155 cm³/mol. The van der Waals surface area contributed by atoms with Gasteiger partial charge in [-0.05, 0) is 54.4 Å². The molecule has 0 aliphatic heterocycles. The molecule has 47 heavy (non-hydrogen) atoms. The summed E-state index contributed by atoms with van der Waals surface area (Å²) < 4.78 is 118. The first-order valence-corrected chi connectivity index (χ1v) is 14.6. The van der Waals surface area contributed by atoms with Gasteiger partial charge in [-0.3, -0.25) is 14.4 Å². The highest BCUT2D eigenvalue weighted by Crippen LogP contribution is 2.65. The van der Waals surface area contributed by atoms with E-state index in [0.29, 0.717) is 12.1 Å². The molecule has 3 aromatic carbocycles. The number of ketones is 1. The first kappa shape index (κ1) is 36.3. The van der Waals surface area contributed by atoms with Crippen molar-refractivity contribution in [2.24, 2.45) is 5.92 Å². The van der Waals surface area contributed by atoms with Gasteiger partial charge in [-0.1, -0.05) is 17.7 Å². The van der Waals surface area contributed by atoms with Crippen LogP contribution in [0.15, 0.2) is 48.5 Å². The predicted octanol–water partition coefficient (Wildman–Crippen LogP) is 9.40. The lowest BCUT2D eigenvalue weighted by molar-refractivity contribution is -0.140. The van der Waals surface area contributed by atoms with Crippen LogP contribution in [0.3, 0.4) is 0 Å². The van der Waals surface area contributed by atoms with Crippen molar-refractivity contribution in [3.05, 3.63) is 93.3 Å². The molecule has 1 aliphatic carbocycles. The molecule has 2 atom stereocenters. The van der Waals surface area contributed by atoms with E-state index >= 15 is 4.39 Å². The average molecular weight is 734 g/mol. The Kier molecular flexibility index (Phi) is 10.5. The molecule has 252 valence electrons. The Morgan fingerprint density at radius 2 is 1.51 bits per heavy atom. The van der Waals surface area contributed by atoms with E-state index in [1.54, 1.807) is 0 Å². The number of hydrogen-bond acceptors (Lipinski definition) is 3. The molecule has 5 nitrogen and oxygen atoms in total.